The van der Waals surface area contributed by atoms with E-state index < -0.39 is 15.6 Å². The number of nitrogens with one attached hydrogen (secondary N) is 1. The van der Waals surface area contributed by atoms with Crippen molar-refractivity contribution in [3.05, 3.63) is 30.5 Å². The van der Waals surface area contributed by atoms with E-state index in [4.69, 9.17) is 20.4 Å². The van der Waals surface area contributed by atoms with Crippen LogP contribution in [0.5, 0.6) is 5.88 Å². The summed E-state index contributed by atoms with van der Waals surface area (Å²) in [4.78, 5) is 17.0. The van der Waals surface area contributed by atoms with E-state index in [1.165, 1.54) is 7.11 Å². The molecule has 0 bridgehead atoms. The first-order chi connectivity index (χ1) is 15.3. The Morgan fingerprint density at radius 3 is 2.42 bits per heavy atom. The van der Waals surface area contributed by atoms with Gasteiger partial charge in [-0.15, -0.1) is 0 Å². The Bertz CT molecular complexity index is 1230. The average molecular weight is 478 g/mol. The molecule has 3 rings (SSSR count). The molecule has 1 aromatic carbocycles. The fraction of sp³-hybridized carbons (Fsp3) is 0.409. The third kappa shape index (κ3) is 6.42. The predicted octanol–water partition coefficient (Wildman–Crippen LogP) is 3.12. The highest BCUT2D eigenvalue weighted by Gasteiger charge is 2.27. The molecule has 0 radical (unpaired) electrons. The van der Waals surface area contributed by atoms with E-state index in [-0.39, 0.29) is 17.2 Å². The van der Waals surface area contributed by atoms with Crippen LogP contribution >= 0.6 is 0 Å². The van der Waals surface area contributed by atoms with Gasteiger partial charge < -0.3 is 20.1 Å². The van der Waals surface area contributed by atoms with Crippen LogP contribution in [-0.4, -0.2) is 47.2 Å². The molecule has 2 heterocycles. The number of ether oxygens (including phenoxy) is 1. The number of nitrogens with zero attached hydrogens (tertiary/aromatic N) is 3. The maximum absolute atomic E-state index is 12.9. The number of nitrogens with two attached hydrogens (primary N) is 1. The summed E-state index contributed by atoms with van der Waals surface area (Å²) in [5, 5.41) is 6.89. The van der Waals surface area contributed by atoms with Crippen LogP contribution < -0.4 is 15.2 Å². The number of methoxy groups -OCH3 is 1. The average Bonchev–Trinajstić information content (AvgIpc) is 3.00. The number of carbonyl (C=O) groups is 1. The van der Waals surface area contributed by atoms with Gasteiger partial charge in [0.25, 0.3) is 6.47 Å². The van der Waals surface area contributed by atoms with Gasteiger partial charge in [0.15, 0.2) is 0 Å². The molecule has 0 saturated heterocycles. The van der Waals surface area contributed by atoms with E-state index in [0.29, 0.717) is 17.4 Å². The fourth-order valence-electron chi connectivity index (χ4n) is 3.27. The number of nitrogen functional groups attached to an aromatic ring is 1. The SMILES string of the molecule is COc1ncc(-c2ccc3nc(N)n(CC(C)C)c3c2)cc1S(=O)(=O)NC(C)(C)C.O=CO. The van der Waals surface area contributed by atoms with Crippen molar-refractivity contribution in [2.45, 2.75) is 51.6 Å². The fourth-order valence-corrected chi connectivity index (χ4v) is 4.84. The Hall–Kier alpha value is -3.18. The van der Waals surface area contributed by atoms with Crippen LogP contribution in [0.3, 0.4) is 0 Å². The molecule has 0 unspecified atom stereocenters. The molecule has 0 aliphatic carbocycles. The molecule has 3 aromatic rings. The van der Waals surface area contributed by atoms with Crippen molar-refractivity contribution in [3.8, 4) is 17.0 Å². The zero-order chi connectivity index (χ0) is 25.0. The number of aromatic nitrogens is 3. The number of carboxylic acid groups (broad SMARTS) is 1. The number of benzene rings is 1. The molecule has 0 atom stereocenters. The lowest BCUT2D eigenvalue weighted by Gasteiger charge is -2.21. The number of imidazole rings is 1. The molecule has 0 amide bonds. The molecule has 11 heteroatoms. The van der Waals surface area contributed by atoms with Crippen molar-refractivity contribution in [1.29, 1.82) is 0 Å². The highest BCUT2D eigenvalue weighted by Crippen LogP contribution is 2.31. The second-order valence-electron chi connectivity index (χ2n) is 8.87. The highest BCUT2D eigenvalue weighted by atomic mass is 32.2. The van der Waals surface area contributed by atoms with E-state index in [0.717, 1.165) is 23.1 Å². The smallest absolute Gasteiger partial charge is 0.290 e. The molecular formula is C22H31N5O5S. The molecule has 2 aromatic heterocycles. The van der Waals surface area contributed by atoms with Crippen LogP contribution in [0.15, 0.2) is 35.4 Å². The van der Waals surface area contributed by atoms with Gasteiger partial charge in [-0.3, -0.25) is 4.79 Å². The lowest BCUT2D eigenvalue weighted by atomic mass is 10.1. The minimum Gasteiger partial charge on any atom is -0.483 e. The highest BCUT2D eigenvalue weighted by molar-refractivity contribution is 7.89. The summed E-state index contributed by atoms with van der Waals surface area (Å²) in [7, 11) is -2.43. The summed E-state index contributed by atoms with van der Waals surface area (Å²) < 4.78 is 35.7. The van der Waals surface area contributed by atoms with Gasteiger partial charge in [-0.1, -0.05) is 19.9 Å². The summed E-state index contributed by atoms with van der Waals surface area (Å²) in [6.45, 7) is 10.1. The Kier molecular flexibility index (Phi) is 8.04. The molecule has 0 fully saturated rings. The number of pyridine rings is 1. The van der Waals surface area contributed by atoms with Gasteiger partial charge in [-0.05, 0) is 50.5 Å². The normalized spacial score (nSPS) is 11.8. The van der Waals surface area contributed by atoms with E-state index >= 15 is 0 Å². The standard InChI is InChI=1S/C21H29N5O3S.CH2O2/c1-13(2)12-26-17-9-14(7-8-16(17)24-20(26)22)15-10-18(19(29-6)23-11-15)30(27,28)25-21(3,4)5;2-1-3/h7-11,13,25H,12H2,1-6H3,(H2,22,24);1H,(H,2,3). The first-order valence-corrected chi connectivity index (χ1v) is 11.7. The second kappa shape index (κ2) is 10.2. The summed E-state index contributed by atoms with van der Waals surface area (Å²) in [6.07, 6.45) is 1.60. The molecule has 0 aliphatic heterocycles. The van der Waals surface area contributed by atoms with Gasteiger partial charge in [-0.25, -0.2) is 23.1 Å². The molecule has 180 valence electrons. The van der Waals surface area contributed by atoms with E-state index in [2.05, 4.69) is 28.5 Å². The molecule has 33 heavy (non-hydrogen) atoms. The van der Waals surface area contributed by atoms with Crippen LogP contribution in [-0.2, 0) is 21.4 Å². The Balaban J connectivity index is 0.00000122. The molecule has 0 aliphatic rings. The first kappa shape index (κ1) is 26.1. The summed E-state index contributed by atoms with van der Waals surface area (Å²) in [5.74, 6) is 0.906. The first-order valence-electron chi connectivity index (χ1n) is 10.2. The summed E-state index contributed by atoms with van der Waals surface area (Å²) in [6, 6.07) is 7.29. The van der Waals surface area contributed by atoms with Crippen molar-refractivity contribution in [2.75, 3.05) is 12.8 Å². The van der Waals surface area contributed by atoms with Crippen molar-refractivity contribution < 1.29 is 23.1 Å². The lowest BCUT2D eigenvalue weighted by molar-refractivity contribution is -0.122. The van der Waals surface area contributed by atoms with Gasteiger partial charge in [0.1, 0.15) is 4.90 Å². The van der Waals surface area contributed by atoms with Crippen LogP contribution in [0, 0.1) is 5.92 Å². The van der Waals surface area contributed by atoms with Gasteiger partial charge in [0.05, 0.1) is 18.1 Å². The Morgan fingerprint density at radius 2 is 1.88 bits per heavy atom. The summed E-state index contributed by atoms with van der Waals surface area (Å²) >= 11 is 0. The number of hydrogen-bond donors (Lipinski definition) is 3. The number of hydrogen-bond acceptors (Lipinski definition) is 7. The zero-order valence-electron chi connectivity index (χ0n) is 19.7. The third-order valence-corrected chi connectivity index (χ3v) is 6.15. The van der Waals surface area contributed by atoms with Crippen LogP contribution in [0.1, 0.15) is 34.6 Å². The molecule has 10 nitrogen and oxygen atoms in total. The van der Waals surface area contributed by atoms with Crippen molar-refractivity contribution in [2.24, 2.45) is 5.92 Å². The van der Waals surface area contributed by atoms with Crippen LogP contribution in [0.25, 0.3) is 22.2 Å². The summed E-state index contributed by atoms with van der Waals surface area (Å²) in [5.41, 5.74) is 8.62. The maximum atomic E-state index is 12.9. The largest absolute Gasteiger partial charge is 0.483 e. The second-order valence-corrected chi connectivity index (χ2v) is 10.5. The topological polar surface area (TPSA) is 149 Å². The van der Waals surface area contributed by atoms with Crippen molar-refractivity contribution in [1.82, 2.24) is 19.3 Å². The Morgan fingerprint density at radius 1 is 1.24 bits per heavy atom. The Labute approximate surface area is 193 Å². The molecule has 0 spiro atoms. The van der Waals surface area contributed by atoms with Crippen molar-refractivity contribution in [3.63, 3.8) is 0 Å². The van der Waals surface area contributed by atoms with E-state index in [9.17, 15) is 8.42 Å². The maximum Gasteiger partial charge on any atom is 0.290 e. The molecule has 0 saturated carbocycles. The van der Waals surface area contributed by atoms with Gasteiger partial charge >= 0.3 is 0 Å². The van der Waals surface area contributed by atoms with E-state index in [1.807, 2.05) is 22.8 Å². The number of fused-ring (bicyclic) bond motifs is 1. The van der Waals surface area contributed by atoms with Crippen molar-refractivity contribution >= 4 is 33.5 Å². The van der Waals surface area contributed by atoms with Gasteiger partial charge in [0, 0.05) is 23.8 Å². The molecule has 4 N–H and O–H groups in total. The number of sulfonamides is 1. The predicted molar refractivity (Wildman–Crippen MR) is 128 cm³/mol. The number of anilines is 1. The van der Waals surface area contributed by atoms with Gasteiger partial charge in [0.2, 0.25) is 21.9 Å². The lowest BCUT2D eigenvalue weighted by Crippen LogP contribution is -2.40. The van der Waals surface area contributed by atoms with Gasteiger partial charge in [-0.2, -0.15) is 0 Å². The third-order valence-electron chi connectivity index (χ3n) is 4.40. The minimum absolute atomic E-state index is 0.00674. The van der Waals surface area contributed by atoms with Crippen LogP contribution in [0.2, 0.25) is 0 Å². The molecular weight excluding hydrogens is 446 g/mol. The zero-order valence-corrected chi connectivity index (χ0v) is 20.5. The van der Waals surface area contributed by atoms with E-state index in [1.54, 1.807) is 33.0 Å². The minimum atomic E-state index is -3.83. The van der Waals surface area contributed by atoms with Crippen LogP contribution in [0.4, 0.5) is 5.95 Å². The monoisotopic (exact) mass is 477 g/mol. The quantitative estimate of drug-likeness (QED) is 0.458. The number of rotatable bonds is 6.